The van der Waals surface area contributed by atoms with Gasteiger partial charge in [0, 0.05) is 18.2 Å². The monoisotopic (exact) mass is 695 g/mol. The van der Waals surface area contributed by atoms with Crippen molar-refractivity contribution in [2.45, 2.75) is 84.5 Å². The van der Waals surface area contributed by atoms with Crippen molar-refractivity contribution in [2.24, 2.45) is 11.8 Å². The molecule has 1 N–H and O–H groups in total. The second-order valence-corrected chi connectivity index (χ2v) is 15.2. The first kappa shape index (κ1) is 36.5. The highest BCUT2D eigenvalue weighted by molar-refractivity contribution is 5.77. The Labute approximate surface area is 319 Å². The van der Waals surface area contributed by atoms with Gasteiger partial charge in [0.1, 0.15) is 0 Å². The molecule has 0 spiro atoms. The van der Waals surface area contributed by atoms with E-state index in [2.05, 4.69) is 159 Å². The Bertz CT molecular complexity index is 2130. The van der Waals surface area contributed by atoms with Crippen LogP contribution in [0.3, 0.4) is 0 Å². The van der Waals surface area contributed by atoms with E-state index in [1.165, 1.54) is 97.5 Å². The van der Waals surface area contributed by atoms with Gasteiger partial charge in [0.05, 0.1) is 0 Å². The highest BCUT2D eigenvalue weighted by atomic mass is 14.9. The molecule has 0 fully saturated rings. The molecule has 5 aliphatic rings. The summed E-state index contributed by atoms with van der Waals surface area (Å²) in [7, 11) is 0. The lowest BCUT2D eigenvalue weighted by Crippen LogP contribution is -2.33. The number of hydrogen-bond donors (Lipinski definition) is 1. The Morgan fingerprint density at radius 1 is 0.830 bits per heavy atom. The van der Waals surface area contributed by atoms with E-state index in [1.54, 1.807) is 0 Å². The number of allylic oxidation sites excluding steroid dienone is 19. The molecule has 0 amide bonds. The second-order valence-electron chi connectivity index (χ2n) is 15.2. The van der Waals surface area contributed by atoms with Crippen molar-refractivity contribution >= 4 is 22.3 Å². The minimum absolute atomic E-state index is 0.385. The van der Waals surface area contributed by atoms with Crippen molar-refractivity contribution in [2.75, 3.05) is 6.54 Å². The summed E-state index contributed by atoms with van der Waals surface area (Å²) in [4.78, 5) is 0. The van der Waals surface area contributed by atoms with Gasteiger partial charge in [-0.05, 0) is 143 Å². The molecule has 0 saturated heterocycles. The third kappa shape index (κ3) is 8.68. The molecule has 2 unspecified atom stereocenters. The van der Waals surface area contributed by atoms with Crippen molar-refractivity contribution < 1.29 is 0 Å². The fourth-order valence-electron chi connectivity index (χ4n) is 8.63. The van der Waals surface area contributed by atoms with E-state index in [1.807, 2.05) is 0 Å². The van der Waals surface area contributed by atoms with Gasteiger partial charge >= 0.3 is 0 Å². The quantitative estimate of drug-likeness (QED) is 0.172. The van der Waals surface area contributed by atoms with Crippen LogP contribution in [0.25, 0.3) is 22.3 Å². The summed E-state index contributed by atoms with van der Waals surface area (Å²) in [6, 6.07) is 18.4. The van der Waals surface area contributed by atoms with Crippen molar-refractivity contribution in [3.63, 3.8) is 0 Å². The SMILES string of the molecule is C=C/C(=C\CCCC)C1C=CC(/C(CNC2=C3C=CCCC3CC=C2)=c2\cccc\c2=C(\C)C2=CC=C(c3ccc(C4=CC=CCC4)cc3)CC2)=CC1. The van der Waals surface area contributed by atoms with Crippen LogP contribution in [0.1, 0.15) is 95.6 Å². The lowest BCUT2D eigenvalue weighted by atomic mass is 9.82. The van der Waals surface area contributed by atoms with Crippen LogP contribution in [0.4, 0.5) is 0 Å². The fourth-order valence-corrected chi connectivity index (χ4v) is 8.63. The molecule has 0 bridgehead atoms. The molecule has 1 nitrogen and oxygen atoms in total. The molecule has 53 heavy (non-hydrogen) atoms. The highest BCUT2D eigenvalue weighted by Gasteiger charge is 2.21. The van der Waals surface area contributed by atoms with Crippen LogP contribution in [0.2, 0.25) is 0 Å². The van der Waals surface area contributed by atoms with Gasteiger partial charge in [-0.2, -0.15) is 0 Å². The third-order valence-electron chi connectivity index (χ3n) is 11.9. The first-order chi connectivity index (χ1) is 26.1. The number of hydrogen-bond acceptors (Lipinski definition) is 1. The largest absolute Gasteiger partial charge is 0.381 e. The minimum atomic E-state index is 0.385. The summed E-state index contributed by atoms with van der Waals surface area (Å²) in [6.07, 6.45) is 45.1. The summed E-state index contributed by atoms with van der Waals surface area (Å²) in [6.45, 7) is 9.55. The predicted octanol–water partition coefficient (Wildman–Crippen LogP) is 12.1. The van der Waals surface area contributed by atoms with Crippen LogP contribution >= 0.6 is 0 Å². The van der Waals surface area contributed by atoms with E-state index in [4.69, 9.17) is 0 Å². The molecule has 0 radical (unpaired) electrons. The van der Waals surface area contributed by atoms with E-state index in [0.29, 0.717) is 11.8 Å². The third-order valence-corrected chi connectivity index (χ3v) is 11.9. The fraction of sp³-hybridized carbons (Fsp3) is 0.308. The molecule has 2 aromatic rings. The predicted molar refractivity (Wildman–Crippen MR) is 230 cm³/mol. The molecule has 0 heterocycles. The molecule has 2 aromatic carbocycles. The van der Waals surface area contributed by atoms with Gasteiger partial charge in [-0.1, -0.05) is 154 Å². The van der Waals surface area contributed by atoms with Crippen LogP contribution in [-0.2, 0) is 0 Å². The first-order valence-corrected chi connectivity index (χ1v) is 20.3. The normalized spacial score (nSPS) is 22.3. The molecular weight excluding hydrogens is 639 g/mol. The molecule has 5 aliphatic carbocycles. The summed E-state index contributed by atoms with van der Waals surface area (Å²) in [5.74, 6) is 1.02. The zero-order valence-corrected chi connectivity index (χ0v) is 32.0. The topological polar surface area (TPSA) is 12.0 Å². The van der Waals surface area contributed by atoms with Gasteiger partial charge in [-0.15, -0.1) is 0 Å². The zero-order chi connectivity index (χ0) is 36.4. The minimum Gasteiger partial charge on any atom is -0.381 e. The smallest absolute Gasteiger partial charge is 0.0412 e. The number of unbranched alkanes of at least 4 members (excludes halogenated alkanes) is 2. The standard InChI is InChI=1S/C52H57N/c1-4-6-8-16-39(5-2)42-33-35-47(36-34-42)51(37-53-52-24-15-20-46-19-11-12-22-49(46)52)50-23-14-13-21-48(50)38(3)40-25-27-44(28-26-40)45-31-29-43(30-32-45)41-17-9-7-10-18-41/h5,7,9,12-17,21-25,27,29-33,35-36,42,46,53H,2,4,6,8,10-11,18-20,26,28,34,37H2,1,3H3/b39-16+,48-38+,51-50+. The Hall–Kier alpha value is -4.88. The molecular formula is C52H57N. The van der Waals surface area contributed by atoms with Gasteiger partial charge in [-0.25, -0.2) is 0 Å². The number of benzene rings is 2. The molecule has 0 saturated carbocycles. The molecule has 0 aliphatic heterocycles. The number of rotatable bonds is 12. The Morgan fingerprint density at radius 2 is 1.64 bits per heavy atom. The highest BCUT2D eigenvalue weighted by Crippen LogP contribution is 2.34. The molecule has 1 heteroatoms. The van der Waals surface area contributed by atoms with Gasteiger partial charge in [0.25, 0.3) is 0 Å². The van der Waals surface area contributed by atoms with Crippen LogP contribution < -0.4 is 15.8 Å². The van der Waals surface area contributed by atoms with E-state index >= 15 is 0 Å². The van der Waals surface area contributed by atoms with E-state index < -0.39 is 0 Å². The van der Waals surface area contributed by atoms with Gasteiger partial charge in [0.15, 0.2) is 0 Å². The maximum absolute atomic E-state index is 4.18. The summed E-state index contributed by atoms with van der Waals surface area (Å²) < 4.78 is 0. The van der Waals surface area contributed by atoms with Gasteiger partial charge < -0.3 is 5.32 Å². The maximum Gasteiger partial charge on any atom is 0.0412 e. The van der Waals surface area contributed by atoms with Crippen molar-refractivity contribution in [3.05, 3.63) is 190 Å². The molecule has 270 valence electrons. The van der Waals surface area contributed by atoms with Gasteiger partial charge in [-0.3, -0.25) is 0 Å². The molecule has 7 rings (SSSR count). The number of nitrogens with one attached hydrogen (secondary N) is 1. The number of fused-ring (bicyclic) bond motifs is 1. The average molecular weight is 696 g/mol. The van der Waals surface area contributed by atoms with Crippen LogP contribution in [0, 0.1) is 11.8 Å². The first-order valence-electron chi connectivity index (χ1n) is 20.3. The average Bonchev–Trinajstić information content (AvgIpc) is 3.23. The van der Waals surface area contributed by atoms with E-state index in [-0.39, 0.29) is 0 Å². The summed E-state index contributed by atoms with van der Waals surface area (Å²) >= 11 is 0. The second kappa shape index (κ2) is 17.8. The Balaban J connectivity index is 1.23. The van der Waals surface area contributed by atoms with E-state index in [9.17, 15) is 0 Å². The van der Waals surface area contributed by atoms with Gasteiger partial charge in [0.2, 0.25) is 0 Å². The summed E-state index contributed by atoms with van der Waals surface area (Å²) in [5, 5.41) is 6.61. The van der Waals surface area contributed by atoms with Crippen molar-refractivity contribution in [1.29, 1.82) is 0 Å². The Morgan fingerprint density at radius 3 is 2.34 bits per heavy atom. The van der Waals surface area contributed by atoms with E-state index in [0.717, 1.165) is 51.5 Å². The van der Waals surface area contributed by atoms with Crippen molar-refractivity contribution in [1.82, 2.24) is 5.32 Å². The van der Waals surface area contributed by atoms with Crippen LogP contribution in [-0.4, -0.2) is 6.54 Å². The zero-order valence-electron chi connectivity index (χ0n) is 32.0. The molecule has 0 aromatic heterocycles. The Kier molecular flexibility index (Phi) is 12.2. The van der Waals surface area contributed by atoms with Crippen LogP contribution in [0.15, 0.2) is 168 Å². The van der Waals surface area contributed by atoms with Crippen molar-refractivity contribution in [3.8, 4) is 0 Å². The lowest BCUT2D eigenvalue weighted by molar-refractivity contribution is 0.555. The maximum atomic E-state index is 4.18. The molecule has 2 atom stereocenters. The van der Waals surface area contributed by atoms with Crippen LogP contribution in [0.5, 0.6) is 0 Å². The lowest BCUT2D eigenvalue weighted by Gasteiger charge is -2.27. The summed E-state index contributed by atoms with van der Waals surface area (Å²) in [5.41, 5.74) is 15.2.